The molecule has 1 aliphatic heterocycles. The van der Waals surface area contributed by atoms with Gasteiger partial charge in [0.2, 0.25) is 17.9 Å². The Morgan fingerprint density at radius 1 is 1.03 bits per heavy atom. The lowest BCUT2D eigenvalue weighted by Crippen LogP contribution is -2.44. The summed E-state index contributed by atoms with van der Waals surface area (Å²) in [5.41, 5.74) is 2.59. The second-order valence-corrected chi connectivity index (χ2v) is 7.59. The molecule has 1 aliphatic rings. The predicted molar refractivity (Wildman–Crippen MR) is 115 cm³/mol. The van der Waals surface area contributed by atoms with Crippen LogP contribution in [-0.4, -0.2) is 53.3 Å². The van der Waals surface area contributed by atoms with Crippen molar-refractivity contribution in [1.29, 1.82) is 0 Å². The molecule has 166 valence electrons. The molecule has 1 amide bonds. The predicted octanol–water partition coefficient (Wildman–Crippen LogP) is 3.12. The van der Waals surface area contributed by atoms with Gasteiger partial charge >= 0.3 is 5.97 Å². The van der Waals surface area contributed by atoms with E-state index in [4.69, 9.17) is 13.9 Å². The third-order valence-electron chi connectivity index (χ3n) is 5.21. The Labute approximate surface area is 186 Å². The van der Waals surface area contributed by atoms with Crippen LogP contribution in [0, 0.1) is 6.92 Å². The van der Waals surface area contributed by atoms with Gasteiger partial charge in [-0.1, -0.05) is 48.0 Å². The van der Waals surface area contributed by atoms with Crippen molar-refractivity contribution in [2.75, 3.05) is 26.3 Å². The van der Waals surface area contributed by atoms with Crippen LogP contribution in [0.2, 0.25) is 0 Å². The quantitative estimate of drug-likeness (QED) is 0.526. The third-order valence-corrected chi connectivity index (χ3v) is 5.21. The van der Waals surface area contributed by atoms with Gasteiger partial charge in [0, 0.05) is 30.6 Å². The summed E-state index contributed by atoms with van der Waals surface area (Å²) >= 11 is 0. The number of hydrogen-bond acceptors (Lipinski definition) is 7. The number of hydrogen-bond donors (Lipinski definition) is 0. The number of rotatable bonds is 7. The van der Waals surface area contributed by atoms with Crippen molar-refractivity contribution in [2.45, 2.75) is 25.9 Å². The van der Waals surface area contributed by atoms with E-state index < -0.39 is 12.1 Å². The van der Waals surface area contributed by atoms with Gasteiger partial charge in [-0.05, 0) is 19.1 Å². The highest BCUT2D eigenvalue weighted by Gasteiger charge is 2.30. The van der Waals surface area contributed by atoms with Crippen molar-refractivity contribution in [1.82, 2.24) is 15.1 Å². The van der Waals surface area contributed by atoms with Crippen molar-refractivity contribution >= 4 is 11.9 Å². The van der Waals surface area contributed by atoms with E-state index in [-0.39, 0.29) is 18.7 Å². The number of nitrogens with zero attached hydrogens (tertiary/aromatic N) is 3. The average molecular weight is 435 g/mol. The molecule has 1 aromatic heterocycles. The monoisotopic (exact) mass is 435 g/mol. The standard InChI is InChI=1S/C24H25N3O5/c1-17-7-9-19(10-8-17)23-26-25-20(31-23)11-12-21(28)32-22(18-5-3-2-4-6-18)24(29)27-13-15-30-16-14-27/h2-10,22H,11-16H2,1H3/t22-/m0/s1. The largest absolute Gasteiger partial charge is 0.447 e. The summed E-state index contributed by atoms with van der Waals surface area (Å²) in [7, 11) is 0. The van der Waals surface area contributed by atoms with E-state index in [1.807, 2.05) is 49.4 Å². The topological polar surface area (TPSA) is 94.8 Å². The van der Waals surface area contributed by atoms with Crippen molar-refractivity contribution in [3.8, 4) is 11.5 Å². The third kappa shape index (κ3) is 5.39. The maximum atomic E-state index is 13.0. The zero-order valence-electron chi connectivity index (χ0n) is 17.9. The molecule has 0 saturated carbocycles. The lowest BCUT2D eigenvalue weighted by Gasteiger charge is -2.30. The molecule has 0 aliphatic carbocycles. The minimum Gasteiger partial charge on any atom is -0.447 e. The Morgan fingerprint density at radius 3 is 2.47 bits per heavy atom. The van der Waals surface area contributed by atoms with Crippen LogP contribution in [0.4, 0.5) is 0 Å². The van der Waals surface area contributed by atoms with Gasteiger partial charge in [0.25, 0.3) is 5.91 Å². The van der Waals surface area contributed by atoms with Gasteiger partial charge in [-0.25, -0.2) is 0 Å². The molecule has 3 aromatic rings. The molecule has 2 heterocycles. The van der Waals surface area contributed by atoms with Gasteiger partial charge in [-0.15, -0.1) is 10.2 Å². The summed E-state index contributed by atoms with van der Waals surface area (Å²) in [5.74, 6) is -0.00541. The van der Waals surface area contributed by atoms with E-state index in [1.165, 1.54) is 0 Å². The van der Waals surface area contributed by atoms with Crippen molar-refractivity contribution in [3.05, 3.63) is 71.6 Å². The van der Waals surface area contributed by atoms with Crippen LogP contribution in [0.3, 0.4) is 0 Å². The van der Waals surface area contributed by atoms with Crippen LogP contribution in [0.5, 0.6) is 0 Å². The molecule has 4 rings (SSSR count). The number of aromatic nitrogens is 2. The molecule has 1 atom stereocenters. The SMILES string of the molecule is Cc1ccc(-c2nnc(CCC(=O)O[C@H](C(=O)N3CCOCC3)c3ccccc3)o2)cc1. The van der Waals surface area contributed by atoms with Gasteiger partial charge in [-0.2, -0.15) is 0 Å². The minimum atomic E-state index is -0.993. The Kier molecular flexibility index (Phi) is 6.91. The summed E-state index contributed by atoms with van der Waals surface area (Å²) in [5, 5.41) is 8.07. The molecule has 0 bridgehead atoms. The van der Waals surface area contributed by atoms with Crippen molar-refractivity contribution in [3.63, 3.8) is 0 Å². The van der Waals surface area contributed by atoms with Gasteiger partial charge in [-0.3, -0.25) is 9.59 Å². The van der Waals surface area contributed by atoms with E-state index in [0.29, 0.717) is 43.6 Å². The Hall–Kier alpha value is -3.52. The smallest absolute Gasteiger partial charge is 0.307 e. The fourth-order valence-electron chi connectivity index (χ4n) is 3.41. The Balaban J connectivity index is 1.39. The fraction of sp³-hybridized carbons (Fsp3) is 0.333. The zero-order chi connectivity index (χ0) is 22.3. The Bertz CT molecular complexity index is 1040. The molecular weight excluding hydrogens is 410 g/mol. The molecule has 32 heavy (non-hydrogen) atoms. The number of aryl methyl sites for hydroxylation is 2. The van der Waals surface area contributed by atoms with Gasteiger partial charge in [0.15, 0.2) is 0 Å². The number of carbonyl (C=O) groups excluding carboxylic acids is 2. The van der Waals surface area contributed by atoms with E-state index in [2.05, 4.69) is 10.2 Å². The molecular formula is C24H25N3O5. The normalized spacial score (nSPS) is 14.7. The first-order chi connectivity index (χ1) is 15.6. The minimum absolute atomic E-state index is 0.0231. The maximum absolute atomic E-state index is 13.0. The molecule has 1 saturated heterocycles. The van der Waals surface area contributed by atoms with Crippen molar-refractivity contribution in [2.24, 2.45) is 0 Å². The molecule has 1 fully saturated rings. The zero-order valence-corrected chi connectivity index (χ0v) is 17.9. The number of esters is 1. The van der Waals surface area contributed by atoms with Crippen LogP contribution in [0.15, 0.2) is 59.0 Å². The van der Waals surface area contributed by atoms with Crippen LogP contribution < -0.4 is 0 Å². The summed E-state index contributed by atoms with van der Waals surface area (Å²) in [6.07, 6.45) is -0.743. The molecule has 0 N–H and O–H groups in total. The number of ether oxygens (including phenoxy) is 2. The molecule has 8 nitrogen and oxygen atoms in total. The maximum Gasteiger partial charge on any atom is 0.307 e. The van der Waals surface area contributed by atoms with E-state index in [0.717, 1.165) is 11.1 Å². The number of morpholine rings is 1. The molecule has 0 radical (unpaired) electrons. The van der Waals surface area contributed by atoms with Crippen molar-refractivity contribution < 1.29 is 23.5 Å². The van der Waals surface area contributed by atoms with Crippen LogP contribution in [0.1, 0.15) is 29.5 Å². The summed E-state index contributed by atoms with van der Waals surface area (Å²) < 4.78 is 16.6. The summed E-state index contributed by atoms with van der Waals surface area (Å²) in [4.78, 5) is 27.3. The van der Waals surface area contributed by atoms with Crippen LogP contribution in [0.25, 0.3) is 11.5 Å². The second-order valence-electron chi connectivity index (χ2n) is 7.59. The highest BCUT2D eigenvalue weighted by atomic mass is 16.5. The molecule has 0 unspecified atom stereocenters. The number of benzene rings is 2. The fourth-order valence-corrected chi connectivity index (χ4v) is 3.41. The lowest BCUT2D eigenvalue weighted by atomic mass is 10.1. The molecule has 0 spiro atoms. The lowest BCUT2D eigenvalue weighted by molar-refractivity contribution is -0.162. The molecule has 8 heteroatoms. The highest BCUT2D eigenvalue weighted by molar-refractivity contribution is 5.85. The first-order valence-electron chi connectivity index (χ1n) is 10.6. The van der Waals surface area contributed by atoms with E-state index in [9.17, 15) is 9.59 Å². The van der Waals surface area contributed by atoms with Gasteiger partial charge in [0.1, 0.15) is 0 Å². The van der Waals surface area contributed by atoms with Gasteiger partial charge in [0.05, 0.1) is 19.6 Å². The Morgan fingerprint density at radius 2 is 1.75 bits per heavy atom. The van der Waals surface area contributed by atoms with Gasteiger partial charge < -0.3 is 18.8 Å². The summed E-state index contributed by atoms with van der Waals surface area (Å²) in [6.45, 7) is 3.90. The average Bonchev–Trinajstić information content (AvgIpc) is 3.31. The van der Waals surface area contributed by atoms with E-state index in [1.54, 1.807) is 17.0 Å². The molecule has 2 aromatic carbocycles. The second kappa shape index (κ2) is 10.2. The summed E-state index contributed by atoms with van der Waals surface area (Å²) in [6, 6.07) is 16.8. The highest BCUT2D eigenvalue weighted by Crippen LogP contribution is 2.23. The first kappa shape index (κ1) is 21.7. The number of carbonyl (C=O) groups is 2. The van der Waals surface area contributed by atoms with Crippen LogP contribution in [-0.2, 0) is 25.5 Å². The number of amides is 1. The first-order valence-corrected chi connectivity index (χ1v) is 10.6. The van der Waals surface area contributed by atoms with E-state index >= 15 is 0 Å². The van der Waals surface area contributed by atoms with Crippen LogP contribution >= 0.6 is 0 Å².